The Morgan fingerprint density at radius 1 is 1.33 bits per heavy atom. The summed E-state index contributed by atoms with van der Waals surface area (Å²) in [4.78, 5) is 11.3. The average molecular weight is 243 g/mol. The molecule has 4 heteroatoms. The van der Waals surface area contributed by atoms with Crippen molar-refractivity contribution in [3.63, 3.8) is 0 Å². The first-order chi connectivity index (χ1) is 8.59. The lowest BCUT2D eigenvalue weighted by atomic mass is 10.1. The maximum atomic E-state index is 11.3. The Morgan fingerprint density at radius 2 is 2.11 bits per heavy atom. The highest BCUT2D eigenvalue weighted by Crippen LogP contribution is 2.19. The van der Waals surface area contributed by atoms with E-state index in [1.807, 2.05) is 38.4 Å². The zero-order valence-corrected chi connectivity index (χ0v) is 10.6. The van der Waals surface area contributed by atoms with E-state index in [9.17, 15) is 4.79 Å². The summed E-state index contributed by atoms with van der Waals surface area (Å²) in [5.74, 6) is -0.394. The first kappa shape index (κ1) is 12.2. The topological polar surface area (TPSA) is 60.1 Å². The molecule has 94 valence electrons. The van der Waals surface area contributed by atoms with Gasteiger partial charge in [-0.1, -0.05) is 6.07 Å². The largest absolute Gasteiger partial charge is 0.379 e. The van der Waals surface area contributed by atoms with Crippen LogP contribution in [-0.4, -0.2) is 10.5 Å². The van der Waals surface area contributed by atoms with Crippen LogP contribution in [0.1, 0.15) is 21.6 Å². The second-order valence-corrected chi connectivity index (χ2v) is 4.31. The van der Waals surface area contributed by atoms with E-state index in [1.54, 1.807) is 6.07 Å². The molecule has 0 unspecified atom stereocenters. The minimum absolute atomic E-state index is 0.394. The lowest BCUT2D eigenvalue weighted by Crippen LogP contribution is -2.14. The van der Waals surface area contributed by atoms with Crippen molar-refractivity contribution < 1.29 is 4.79 Å². The minimum Gasteiger partial charge on any atom is -0.379 e. The molecule has 0 saturated heterocycles. The normalized spacial score (nSPS) is 10.3. The molecule has 0 aliphatic carbocycles. The number of primary amides is 1. The number of hydrogen-bond acceptors (Lipinski definition) is 2. The molecule has 0 saturated carbocycles. The predicted molar refractivity (Wildman–Crippen MR) is 72.4 cm³/mol. The van der Waals surface area contributed by atoms with Gasteiger partial charge >= 0.3 is 0 Å². The summed E-state index contributed by atoms with van der Waals surface area (Å²) in [6.07, 6.45) is 2.00. The Hall–Kier alpha value is -2.23. The van der Waals surface area contributed by atoms with Crippen molar-refractivity contribution >= 4 is 11.6 Å². The van der Waals surface area contributed by atoms with Crippen LogP contribution < -0.4 is 11.1 Å². The molecule has 0 fully saturated rings. The van der Waals surface area contributed by atoms with Crippen LogP contribution in [0.2, 0.25) is 0 Å². The molecular formula is C14H17N3O. The summed E-state index contributed by atoms with van der Waals surface area (Å²) in [6.45, 7) is 2.61. The summed E-state index contributed by atoms with van der Waals surface area (Å²) >= 11 is 0. The molecule has 1 aromatic carbocycles. The van der Waals surface area contributed by atoms with Crippen LogP contribution in [0.4, 0.5) is 5.69 Å². The second-order valence-electron chi connectivity index (χ2n) is 4.31. The molecule has 3 N–H and O–H groups in total. The Kier molecular flexibility index (Phi) is 3.37. The SMILES string of the molecule is Cc1c(NCc2cccn2C)cccc1C(N)=O. The van der Waals surface area contributed by atoms with E-state index in [0.717, 1.165) is 11.3 Å². The number of aromatic nitrogens is 1. The third kappa shape index (κ3) is 2.37. The van der Waals surface area contributed by atoms with Crippen molar-refractivity contribution in [2.24, 2.45) is 12.8 Å². The van der Waals surface area contributed by atoms with Crippen molar-refractivity contribution in [3.05, 3.63) is 53.3 Å². The second kappa shape index (κ2) is 4.96. The number of hydrogen-bond donors (Lipinski definition) is 2. The van der Waals surface area contributed by atoms with Gasteiger partial charge in [0.15, 0.2) is 0 Å². The van der Waals surface area contributed by atoms with Crippen molar-refractivity contribution in [2.75, 3.05) is 5.32 Å². The summed E-state index contributed by atoms with van der Waals surface area (Å²) in [6, 6.07) is 9.58. The number of aryl methyl sites for hydroxylation is 1. The van der Waals surface area contributed by atoms with E-state index in [-0.39, 0.29) is 0 Å². The molecule has 4 nitrogen and oxygen atoms in total. The van der Waals surface area contributed by atoms with E-state index < -0.39 is 5.91 Å². The van der Waals surface area contributed by atoms with Crippen molar-refractivity contribution in [2.45, 2.75) is 13.5 Å². The molecule has 0 bridgehead atoms. The highest BCUT2D eigenvalue weighted by molar-refractivity contribution is 5.95. The van der Waals surface area contributed by atoms with E-state index >= 15 is 0 Å². The molecule has 0 radical (unpaired) electrons. The summed E-state index contributed by atoms with van der Waals surface area (Å²) in [7, 11) is 2.00. The summed E-state index contributed by atoms with van der Waals surface area (Å²) < 4.78 is 2.06. The van der Waals surface area contributed by atoms with Crippen LogP contribution >= 0.6 is 0 Å². The molecule has 0 spiro atoms. The molecule has 1 aromatic heterocycles. The third-order valence-corrected chi connectivity index (χ3v) is 3.11. The zero-order valence-electron chi connectivity index (χ0n) is 10.6. The van der Waals surface area contributed by atoms with Gasteiger partial charge in [-0.15, -0.1) is 0 Å². The summed E-state index contributed by atoms with van der Waals surface area (Å²) in [5.41, 5.74) is 8.89. The number of anilines is 1. The van der Waals surface area contributed by atoms with E-state index in [1.165, 1.54) is 5.69 Å². The number of nitrogens with two attached hydrogens (primary N) is 1. The molecule has 0 aliphatic heterocycles. The lowest BCUT2D eigenvalue weighted by Gasteiger charge is -2.12. The van der Waals surface area contributed by atoms with Gasteiger partial charge in [0.2, 0.25) is 5.91 Å². The number of nitrogens with zero attached hydrogens (tertiary/aromatic N) is 1. The van der Waals surface area contributed by atoms with Gasteiger partial charge in [-0.25, -0.2) is 0 Å². The Balaban J connectivity index is 2.17. The van der Waals surface area contributed by atoms with E-state index in [2.05, 4.69) is 16.0 Å². The maximum absolute atomic E-state index is 11.3. The fourth-order valence-electron chi connectivity index (χ4n) is 1.96. The molecule has 1 amide bonds. The molecular weight excluding hydrogens is 226 g/mol. The number of carbonyl (C=O) groups is 1. The maximum Gasteiger partial charge on any atom is 0.249 e. The third-order valence-electron chi connectivity index (χ3n) is 3.11. The molecule has 2 aromatic rings. The molecule has 2 rings (SSSR count). The van der Waals surface area contributed by atoms with Crippen LogP contribution in [0.25, 0.3) is 0 Å². The van der Waals surface area contributed by atoms with E-state index in [4.69, 9.17) is 5.73 Å². The Labute approximate surface area is 106 Å². The van der Waals surface area contributed by atoms with Crippen molar-refractivity contribution in [1.82, 2.24) is 4.57 Å². The minimum atomic E-state index is -0.394. The first-order valence-electron chi connectivity index (χ1n) is 5.83. The number of rotatable bonds is 4. The molecule has 1 heterocycles. The van der Waals surface area contributed by atoms with Gasteiger partial charge in [0.1, 0.15) is 0 Å². The summed E-state index contributed by atoms with van der Waals surface area (Å²) in [5, 5.41) is 3.32. The number of benzene rings is 1. The van der Waals surface area contributed by atoms with Crippen molar-refractivity contribution in [1.29, 1.82) is 0 Å². The predicted octanol–water partition coefficient (Wildman–Crippen LogP) is 2.04. The first-order valence-corrected chi connectivity index (χ1v) is 5.83. The highest BCUT2D eigenvalue weighted by Gasteiger charge is 2.08. The van der Waals surface area contributed by atoms with Gasteiger partial charge in [-0.05, 0) is 36.8 Å². The van der Waals surface area contributed by atoms with Crippen LogP contribution in [0.15, 0.2) is 36.5 Å². The molecule has 0 aliphatic rings. The lowest BCUT2D eigenvalue weighted by molar-refractivity contribution is 0.1000. The fourth-order valence-corrected chi connectivity index (χ4v) is 1.96. The quantitative estimate of drug-likeness (QED) is 0.863. The number of amides is 1. The van der Waals surface area contributed by atoms with E-state index in [0.29, 0.717) is 12.1 Å². The Bertz CT molecular complexity index is 572. The highest BCUT2D eigenvalue weighted by atomic mass is 16.1. The molecule has 18 heavy (non-hydrogen) atoms. The fraction of sp³-hybridized carbons (Fsp3) is 0.214. The van der Waals surface area contributed by atoms with Gasteiger partial charge in [0.25, 0.3) is 0 Å². The number of carbonyl (C=O) groups excluding carboxylic acids is 1. The molecule has 0 atom stereocenters. The number of nitrogens with one attached hydrogen (secondary N) is 1. The van der Waals surface area contributed by atoms with Gasteiger partial charge in [0.05, 0.1) is 6.54 Å². The zero-order chi connectivity index (χ0) is 13.1. The monoisotopic (exact) mass is 243 g/mol. The van der Waals surface area contributed by atoms with Crippen LogP contribution in [0, 0.1) is 6.92 Å². The van der Waals surface area contributed by atoms with Crippen LogP contribution in [-0.2, 0) is 13.6 Å². The van der Waals surface area contributed by atoms with Gasteiger partial charge < -0.3 is 15.6 Å². The standard InChI is InChI=1S/C14H17N3O/c1-10-12(14(15)18)6-3-7-13(10)16-9-11-5-4-8-17(11)2/h3-8,16H,9H2,1-2H3,(H2,15,18). The smallest absolute Gasteiger partial charge is 0.249 e. The van der Waals surface area contributed by atoms with Gasteiger partial charge in [0, 0.05) is 30.2 Å². The van der Waals surface area contributed by atoms with Gasteiger partial charge in [-0.2, -0.15) is 0 Å². The average Bonchev–Trinajstić information content (AvgIpc) is 2.73. The van der Waals surface area contributed by atoms with Crippen molar-refractivity contribution in [3.8, 4) is 0 Å². The Morgan fingerprint density at radius 3 is 2.72 bits per heavy atom. The van der Waals surface area contributed by atoms with Crippen LogP contribution in [0.5, 0.6) is 0 Å². The van der Waals surface area contributed by atoms with Crippen LogP contribution in [0.3, 0.4) is 0 Å². The van der Waals surface area contributed by atoms with Gasteiger partial charge in [-0.3, -0.25) is 4.79 Å².